The standard InChI is InChI=1S/C11H12ClFN2O3/c1-15(3-2-10(16)17)11(18)14-9-5-7(12)4-8(13)6-9/h4-6H,2-3H2,1H3,(H,14,18)(H,16,17). The van der Waals surface area contributed by atoms with Crippen LogP contribution < -0.4 is 5.32 Å². The molecule has 5 nitrogen and oxygen atoms in total. The number of aliphatic carboxylic acids is 1. The van der Waals surface area contributed by atoms with E-state index < -0.39 is 17.8 Å². The average Bonchev–Trinajstić information content (AvgIpc) is 2.24. The largest absolute Gasteiger partial charge is 0.481 e. The second-order valence-electron chi connectivity index (χ2n) is 3.65. The van der Waals surface area contributed by atoms with Gasteiger partial charge in [-0.1, -0.05) is 11.6 Å². The summed E-state index contributed by atoms with van der Waals surface area (Å²) < 4.78 is 13.0. The summed E-state index contributed by atoms with van der Waals surface area (Å²) in [6.07, 6.45) is -0.159. The Kier molecular flexibility index (Phi) is 4.91. The van der Waals surface area contributed by atoms with Gasteiger partial charge in [0.1, 0.15) is 5.82 Å². The summed E-state index contributed by atoms with van der Waals surface area (Å²) in [4.78, 5) is 23.1. The predicted molar refractivity (Wildman–Crippen MR) is 65.3 cm³/mol. The molecule has 0 saturated carbocycles. The summed E-state index contributed by atoms with van der Waals surface area (Å²) in [7, 11) is 1.44. The van der Waals surface area contributed by atoms with E-state index in [2.05, 4.69) is 5.32 Å². The normalized spacial score (nSPS) is 9.94. The molecule has 1 aromatic rings. The lowest BCUT2D eigenvalue weighted by Crippen LogP contribution is -2.33. The number of hydrogen-bond donors (Lipinski definition) is 2. The van der Waals surface area contributed by atoms with Gasteiger partial charge in [0.2, 0.25) is 0 Å². The molecule has 2 N–H and O–H groups in total. The number of carboxylic acid groups (broad SMARTS) is 1. The summed E-state index contributed by atoms with van der Waals surface area (Å²) in [5.74, 6) is -1.56. The van der Waals surface area contributed by atoms with Crippen LogP contribution in [0.1, 0.15) is 6.42 Å². The number of nitrogens with one attached hydrogen (secondary N) is 1. The van der Waals surface area contributed by atoms with Crippen molar-refractivity contribution in [2.24, 2.45) is 0 Å². The Morgan fingerprint density at radius 1 is 1.44 bits per heavy atom. The van der Waals surface area contributed by atoms with Crippen LogP contribution in [0.15, 0.2) is 18.2 Å². The SMILES string of the molecule is CN(CCC(=O)O)C(=O)Nc1cc(F)cc(Cl)c1. The van der Waals surface area contributed by atoms with Crippen molar-refractivity contribution in [2.75, 3.05) is 18.9 Å². The number of amides is 2. The van der Waals surface area contributed by atoms with Gasteiger partial charge in [0, 0.05) is 24.3 Å². The van der Waals surface area contributed by atoms with Crippen LogP contribution in [0.5, 0.6) is 0 Å². The van der Waals surface area contributed by atoms with Crippen molar-refractivity contribution in [2.45, 2.75) is 6.42 Å². The fourth-order valence-electron chi connectivity index (χ4n) is 1.21. The van der Waals surface area contributed by atoms with E-state index in [0.29, 0.717) is 0 Å². The zero-order chi connectivity index (χ0) is 13.7. The lowest BCUT2D eigenvalue weighted by molar-refractivity contribution is -0.137. The maximum absolute atomic E-state index is 13.0. The Bertz CT molecular complexity index is 447. The van der Waals surface area contributed by atoms with Crippen molar-refractivity contribution in [1.82, 2.24) is 4.90 Å². The number of carboxylic acids is 1. The first-order chi connectivity index (χ1) is 8.38. The minimum Gasteiger partial charge on any atom is -0.481 e. The van der Waals surface area contributed by atoms with Crippen molar-refractivity contribution >= 4 is 29.3 Å². The topological polar surface area (TPSA) is 69.6 Å². The lowest BCUT2D eigenvalue weighted by atomic mass is 10.3. The second-order valence-corrected chi connectivity index (χ2v) is 4.09. The molecule has 0 aliphatic rings. The monoisotopic (exact) mass is 274 g/mol. The number of anilines is 1. The Morgan fingerprint density at radius 3 is 2.67 bits per heavy atom. The molecule has 0 saturated heterocycles. The molecule has 0 aliphatic heterocycles. The number of carbonyl (C=O) groups excluding carboxylic acids is 1. The molecule has 0 unspecified atom stereocenters. The van der Waals surface area contributed by atoms with Crippen LogP contribution in [0.4, 0.5) is 14.9 Å². The number of carbonyl (C=O) groups is 2. The third-order valence-corrected chi connectivity index (χ3v) is 2.34. The van der Waals surface area contributed by atoms with Crippen molar-refractivity contribution in [3.8, 4) is 0 Å². The Labute approximate surface area is 108 Å². The van der Waals surface area contributed by atoms with E-state index in [0.717, 1.165) is 12.1 Å². The van der Waals surface area contributed by atoms with Gasteiger partial charge in [-0.25, -0.2) is 9.18 Å². The minimum absolute atomic E-state index is 0.0597. The summed E-state index contributed by atoms with van der Waals surface area (Å²) >= 11 is 5.63. The van der Waals surface area contributed by atoms with E-state index in [4.69, 9.17) is 16.7 Å². The van der Waals surface area contributed by atoms with Crippen LogP contribution >= 0.6 is 11.6 Å². The van der Waals surface area contributed by atoms with Gasteiger partial charge in [-0.05, 0) is 18.2 Å². The highest BCUT2D eigenvalue weighted by molar-refractivity contribution is 6.30. The highest BCUT2D eigenvalue weighted by atomic mass is 35.5. The number of nitrogens with zero attached hydrogens (tertiary/aromatic N) is 1. The molecule has 0 heterocycles. The van der Waals surface area contributed by atoms with Crippen molar-refractivity contribution in [3.63, 3.8) is 0 Å². The Balaban J connectivity index is 2.60. The van der Waals surface area contributed by atoms with Crippen LogP contribution in [0.3, 0.4) is 0 Å². The second kappa shape index (κ2) is 6.20. The van der Waals surface area contributed by atoms with Crippen molar-refractivity contribution in [3.05, 3.63) is 29.0 Å². The zero-order valence-electron chi connectivity index (χ0n) is 9.61. The van der Waals surface area contributed by atoms with Crippen LogP contribution in [-0.4, -0.2) is 35.6 Å². The third kappa shape index (κ3) is 4.58. The molecule has 0 bridgehead atoms. The quantitative estimate of drug-likeness (QED) is 0.886. The third-order valence-electron chi connectivity index (χ3n) is 2.12. The van der Waals surface area contributed by atoms with Gasteiger partial charge in [0.25, 0.3) is 0 Å². The molecule has 0 aliphatic carbocycles. The van der Waals surface area contributed by atoms with Gasteiger partial charge in [0.05, 0.1) is 6.42 Å². The van der Waals surface area contributed by atoms with E-state index in [9.17, 15) is 14.0 Å². The predicted octanol–water partition coefficient (Wildman–Crippen LogP) is 2.42. The van der Waals surface area contributed by atoms with Gasteiger partial charge in [-0.3, -0.25) is 4.79 Å². The number of urea groups is 1. The molecule has 2 amide bonds. The van der Waals surface area contributed by atoms with E-state index in [1.54, 1.807) is 0 Å². The van der Waals surface area contributed by atoms with E-state index in [1.807, 2.05) is 0 Å². The first-order valence-corrected chi connectivity index (χ1v) is 5.46. The molecule has 0 fully saturated rings. The van der Waals surface area contributed by atoms with Gasteiger partial charge in [-0.2, -0.15) is 0 Å². The van der Waals surface area contributed by atoms with Gasteiger partial charge < -0.3 is 15.3 Å². The molecule has 18 heavy (non-hydrogen) atoms. The highest BCUT2D eigenvalue weighted by Gasteiger charge is 2.11. The summed E-state index contributed by atoms with van der Waals surface area (Å²) in [6.45, 7) is 0.0597. The molecule has 0 atom stereocenters. The molecule has 98 valence electrons. The average molecular weight is 275 g/mol. The fraction of sp³-hybridized carbons (Fsp3) is 0.273. The zero-order valence-corrected chi connectivity index (χ0v) is 10.4. The number of rotatable bonds is 4. The molecular formula is C11H12ClFN2O3. The Hall–Kier alpha value is -1.82. The number of halogens is 2. The number of benzene rings is 1. The molecular weight excluding hydrogens is 263 g/mol. The molecule has 1 rings (SSSR count). The molecule has 0 aromatic heterocycles. The van der Waals surface area contributed by atoms with Gasteiger partial charge >= 0.3 is 12.0 Å². The van der Waals surface area contributed by atoms with Crippen LogP contribution in [-0.2, 0) is 4.79 Å². The van der Waals surface area contributed by atoms with Crippen LogP contribution in [0, 0.1) is 5.82 Å². The van der Waals surface area contributed by atoms with E-state index in [-0.39, 0.29) is 23.7 Å². The molecule has 0 radical (unpaired) electrons. The van der Waals surface area contributed by atoms with Gasteiger partial charge in [0.15, 0.2) is 0 Å². The summed E-state index contributed by atoms with van der Waals surface area (Å²) in [6, 6.07) is 3.10. The van der Waals surface area contributed by atoms with E-state index in [1.165, 1.54) is 18.0 Å². The smallest absolute Gasteiger partial charge is 0.321 e. The Morgan fingerprint density at radius 2 is 2.11 bits per heavy atom. The van der Waals surface area contributed by atoms with Crippen molar-refractivity contribution in [1.29, 1.82) is 0 Å². The summed E-state index contributed by atoms with van der Waals surface area (Å²) in [5.41, 5.74) is 0.215. The number of hydrogen-bond acceptors (Lipinski definition) is 2. The highest BCUT2D eigenvalue weighted by Crippen LogP contribution is 2.18. The molecule has 7 heteroatoms. The van der Waals surface area contributed by atoms with Gasteiger partial charge in [-0.15, -0.1) is 0 Å². The van der Waals surface area contributed by atoms with Crippen LogP contribution in [0.25, 0.3) is 0 Å². The first-order valence-electron chi connectivity index (χ1n) is 5.08. The molecule has 1 aromatic carbocycles. The first kappa shape index (κ1) is 14.2. The maximum Gasteiger partial charge on any atom is 0.321 e. The minimum atomic E-state index is -0.997. The fourth-order valence-corrected chi connectivity index (χ4v) is 1.43. The van der Waals surface area contributed by atoms with Crippen LogP contribution in [0.2, 0.25) is 5.02 Å². The molecule has 0 spiro atoms. The van der Waals surface area contributed by atoms with Crippen molar-refractivity contribution < 1.29 is 19.1 Å². The lowest BCUT2D eigenvalue weighted by Gasteiger charge is -2.17. The maximum atomic E-state index is 13.0. The summed E-state index contributed by atoms with van der Waals surface area (Å²) in [5, 5.41) is 11.1. The van der Waals surface area contributed by atoms with E-state index >= 15 is 0 Å².